The fourth-order valence-electron chi connectivity index (χ4n) is 6.14. The highest BCUT2D eigenvalue weighted by Gasteiger charge is 2.47. The third-order valence-electron chi connectivity index (χ3n) is 8.74. The van der Waals surface area contributed by atoms with Crippen LogP contribution >= 0.6 is 0 Å². The number of sulfone groups is 1. The standard InChI is InChI=1S/C31H35N5O4S/c1-40-28-9-5-4-8-27(28)36-20-26(22-10-12-23(13-11-22)35-16-18-41(38,39)19-17-35)29(34-36)24-6-2-3-7-25(24)30(37)33-31(21-32)14-15-31/h4-5,8-13,20,24-25H,2-3,6-7,14-19H2,1H3,(H,33,37). The van der Waals surface area contributed by atoms with Crippen molar-refractivity contribution in [2.45, 2.75) is 50.0 Å². The first-order valence-electron chi connectivity index (χ1n) is 14.3. The van der Waals surface area contributed by atoms with Gasteiger partial charge in [-0.25, -0.2) is 13.1 Å². The van der Waals surface area contributed by atoms with E-state index in [1.54, 1.807) is 7.11 Å². The number of nitrogens with zero attached hydrogens (tertiary/aromatic N) is 4. The Hall–Kier alpha value is -3.84. The topological polar surface area (TPSA) is 117 Å². The lowest BCUT2D eigenvalue weighted by molar-refractivity contribution is -0.127. The van der Waals surface area contributed by atoms with Crippen molar-refractivity contribution in [1.82, 2.24) is 15.1 Å². The minimum atomic E-state index is -2.96. The predicted molar refractivity (Wildman–Crippen MR) is 157 cm³/mol. The lowest BCUT2D eigenvalue weighted by Gasteiger charge is -2.31. The number of para-hydroxylation sites is 2. The molecule has 6 rings (SSSR count). The summed E-state index contributed by atoms with van der Waals surface area (Å²) in [6.07, 6.45) is 7.00. The van der Waals surface area contributed by atoms with Gasteiger partial charge in [-0.1, -0.05) is 37.1 Å². The molecular formula is C31H35N5O4S. The number of aromatic nitrogens is 2. The lowest BCUT2D eigenvalue weighted by Crippen LogP contribution is -2.42. The fraction of sp³-hybridized carbons (Fsp3) is 0.452. The Bertz CT molecular complexity index is 1570. The van der Waals surface area contributed by atoms with Crippen molar-refractivity contribution in [2.24, 2.45) is 5.92 Å². The molecule has 1 aliphatic heterocycles. The summed E-state index contributed by atoms with van der Waals surface area (Å²) in [5.74, 6) is 0.638. The Morgan fingerprint density at radius 1 is 1.07 bits per heavy atom. The minimum absolute atomic E-state index is 0.0538. The number of hydrogen-bond acceptors (Lipinski definition) is 7. The maximum absolute atomic E-state index is 13.5. The van der Waals surface area contributed by atoms with Gasteiger partial charge in [0, 0.05) is 42.4 Å². The molecule has 41 heavy (non-hydrogen) atoms. The van der Waals surface area contributed by atoms with Crippen molar-refractivity contribution in [3.8, 4) is 28.6 Å². The van der Waals surface area contributed by atoms with Gasteiger partial charge in [-0.2, -0.15) is 10.4 Å². The number of rotatable bonds is 7. The van der Waals surface area contributed by atoms with Gasteiger partial charge in [0.1, 0.15) is 17.0 Å². The van der Waals surface area contributed by atoms with E-state index in [4.69, 9.17) is 9.84 Å². The summed E-state index contributed by atoms with van der Waals surface area (Å²) in [4.78, 5) is 15.6. The van der Waals surface area contributed by atoms with Gasteiger partial charge in [0.05, 0.1) is 30.4 Å². The predicted octanol–water partition coefficient (Wildman–Crippen LogP) is 4.23. The normalized spacial score (nSPS) is 22.9. The molecule has 0 bridgehead atoms. The van der Waals surface area contributed by atoms with Crippen LogP contribution < -0.4 is 15.0 Å². The molecule has 10 heteroatoms. The van der Waals surface area contributed by atoms with Gasteiger partial charge in [-0.3, -0.25) is 4.79 Å². The average Bonchev–Trinajstić information content (AvgIpc) is 3.63. The molecule has 214 valence electrons. The molecule has 2 unspecified atom stereocenters. The van der Waals surface area contributed by atoms with E-state index >= 15 is 0 Å². The number of hydrogen-bond donors (Lipinski definition) is 1. The van der Waals surface area contributed by atoms with E-state index in [0.717, 1.165) is 53.9 Å². The summed E-state index contributed by atoms with van der Waals surface area (Å²) in [5.41, 5.74) is 3.90. The molecule has 1 amide bonds. The van der Waals surface area contributed by atoms with Gasteiger partial charge in [0.25, 0.3) is 0 Å². The molecule has 1 N–H and O–H groups in total. The van der Waals surface area contributed by atoms with E-state index in [-0.39, 0.29) is 29.2 Å². The smallest absolute Gasteiger partial charge is 0.225 e. The van der Waals surface area contributed by atoms with Crippen molar-refractivity contribution >= 4 is 21.4 Å². The van der Waals surface area contributed by atoms with Crippen LogP contribution in [0, 0.1) is 17.2 Å². The summed E-state index contributed by atoms with van der Waals surface area (Å²) in [5, 5.41) is 17.7. The van der Waals surface area contributed by atoms with Crippen molar-refractivity contribution in [3.63, 3.8) is 0 Å². The van der Waals surface area contributed by atoms with Crippen LogP contribution in [0.1, 0.15) is 50.1 Å². The zero-order valence-electron chi connectivity index (χ0n) is 23.3. The Kier molecular flexibility index (Phi) is 7.24. The highest BCUT2D eigenvalue weighted by Crippen LogP contribution is 2.43. The van der Waals surface area contributed by atoms with Crippen molar-refractivity contribution < 1.29 is 17.9 Å². The number of methoxy groups -OCH3 is 1. The molecule has 3 aliphatic rings. The van der Waals surface area contributed by atoms with E-state index in [0.29, 0.717) is 31.7 Å². The summed E-state index contributed by atoms with van der Waals surface area (Å²) >= 11 is 0. The number of ether oxygens (including phenoxy) is 1. The molecule has 3 fully saturated rings. The molecule has 1 aromatic heterocycles. The number of carbonyl (C=O) groups is 1. The summed E-state index contributed by atoms with van der Waals surface area (Å²) in [6, 6.07) is 18.2. The highest BCUT2D eigenvalue weighted by molar-refractivity contribution is 7.91. The molecule has 2 atom stereocenters. The van der Waals surface area contributed by atoms with E-state index in [2.05, 4.69) is 28.4 Å². The van der Waals surface area contributed by atoms with Gasteiger partial charge in [-0.15, -0.1) is 0 Å². The molecule has 2 aromatic carbocycles. The Labute approximate surface area is 241 Å². The van der Waals surface area contributed by atoms with Crippen molar-refractivity contribution in [3.05, 3.63) is 60.4 Å². The molecule has 2 heterocycles. The SMILES string of the molecule is COc1ccccc1-n1cc(-c2ccc(N3CCS(=O)(=O)CC3)cc2)c(C2CCCCC2C(=O)NC2(C#N)CC2)n1. The number of amides is 1. The zero-order chi connectivity index (χ0) is 28.6. The molecule has 0 spiro atoms. The second kappa shape index (κ2) is 10.9. The molecule has 0 radical (unpaired) electrons. The van der Waals surface area contributed by atoms with Crippen LogP contribution in [0.25, 0.3) is 16.8 Å². The largest absolute Gasteiger partial charge is 0.494 e. The van der Waals surface area contributed by atoms with E-state index in [9.17, 15) is 18.5 Å². The number of nitrogens with one attached hydrogen (secondary N) is 1. The molecular weight excluding hydrogens is 538 g/mol. The van der Waals surface area contributed by atoms with Gasteiger partial charge in [0.2, 0.25) is 5.91 Å². The van der Waals surface area contributed by atoms with Crippen LogP contribution in [0.5, 0.6) is 5.75 Å². The van der Waals surface area contributed by atoms with E-state index in [1.807, 2.05) is 47.3 Å². The quantitative estimate of drug-likeness (QED) is 0.450. The van der Waals surface area contributed by atoms with Crippen molar-refractivity contribution in [2.75, 3.05) is 36.6 Å². The third-order valence-corrected chi connectivity index (χ3v) is 10.4. The molecule has 1 saturated heterocycles. The third kappa shape index (κ3) is 5.55. The number of carbonyl (C=O) groups excluding carboxylic acids is 1. The molecule has 2 aliphatic carbocycles. The Balaban J connectivity index is 1.37. The van der Waals surface area contributed by atoms with E-state index < -0.39 is 15.4 Å². The average molecular weight is 574 g/mol. The maximum Gasteiger partial charge on any atom is 0.225 e. The van der Waals surface area contributed by atoms with Gasteiger partial charge >= 0.3 is 0 Å². The van der Waals surface area contributed by atoms with Crippen molar-refractivity contribution in [1.29, 1.82) is 5.26 Å². The lowest BCUT2D eigenvalue weighted by atomic mass is 9.75. The Morgan fingerprint density at radius 3 is 2.46 bits per heavy atom. The van der Waals surface area contributed by atoms with Gasteiger partial charge in [0.15, 0.2) is 9.84 Å². The second-order valence-corrected chi connectivity index (χ2v) is 13.7. The van der Waals surface area contributed by atoms with Crippen LogP contribution in [0.15, 0.2) is 54.7 Å². The fourth-order valence-corrected chi connectivity index (χ4v) is 7.34. The highest BCUT2D eigenvalue weighted by atomic mass is 32.2. The van der Waals surface area contributed by atoms with Crippen LogP contribution in [-0.4, -0.2) is 61.3 Å². The number of nitriles is 1. The van der Waals surface area contributed by atoms with Gasteiger partial charge in [-0.05, 0) is 55.5 Å². The molecule has 9 nitrogen and oxygen atoms in total. The molecule has 3 aromatic rings. The monoisotopic (exact) mass is 573 g/mol. The van der Waals surface area contributed by atoms with E-state index in [1.165, 1.54) is 0 Å². The van der Waals surface area contributed by atoms with Crippen LogP contribution in [0.3, 0.4) is 0 Å². The zero-order valence-corrected chi connectivity index (χ0v) is 24.1. The summed E-state index contributed by atoms with van der Waals surface area (Å²) in [6.45, 7) is 0.976. The Morgan fingerprint density at radius 2 is 1.78 bits per heavy atom. The number of anilines is 1. The number of benzene rings is 2. The second-order valence-electron chi connectivity index (χ2n) is 11.4. The maximum atomic E-state index is 13.5. The van der Waals surface area contributed by atoms with Crippen LogP contribution in [0.4, 0.5) is 5.69 Å². The first-order valence-corrected chi connectivity index (χ1v) is 16.2. The van der Waals surface area contributed by atoms with Crippen LogP contribution in [0.2, 0.25) is 0 Å². The molecule has 2 saturated carbocycles. The first-order chi connectivity index (χ1) is 19.8. The van der Waals surface area contributed by atoms with Gasteiger partial charge < -0.3 is 15.0 Å². The minimum Gasteiger partial charge on any atom is -0.494 e. The summed E-state index contributed by atoms with van der Waals surface area (Å²) < 4.78 is 31.3. The first kappa shape index (κ1) is 27.3. The van der Waals surface area contributed by atoms with Crippen LogP contribution in [-0.2, 0) is 14.6 Å². The summed E-state index contributed by atoms with van der Waals surface area (Å²) in [7, 11) is -1.32.